The predicted octanol–water partition coefficient (Wildman–Crippen LogP) is -3.58. The van der Waals surface area contributed by atoms with Crippen molar-refractivity contribution in [3.8, 4) is 5.75 Å². The first kappa shape index (κ1) is 38.0. The van der Waals surface area contributed by atoms with Crippen molar-refractivity contribution in [3.05, 3.63) is 23.8 Å². The highest BCUT2D eigenvalue weighted by molar-refractivity contribution is 6.58. The number of carboxylic acid groups (broad SMARTS) is 1. The zero-order valence-electron chi connectivity index (χ0n) is 25.4. The van der Waals surface area contributed by atoms with Crippen LogP contribution in [0.2, 0.25) is 0 Å². The maximum Gasteiger partial charge on any atom is 0.409 e. The van der Waals surface area contributed by atoms with Crippen LogP contribution in [0.25, 0.3) is 0 Å². The van der Waals surface area contributed by atoms with Gasteiger partial charge in [0.1, 0.15) is 54.6 Å². The second kappa shape index (κ2) is 17.6. The summed E-state index contributed by atoms with van der Waals surface area (Å²) in [5.41, 5.74) is 5.06. The number of hydrogen-bond acceptors (Lipinski definition) is 15. The Morgan fingerprint density at radius 3 is 2.33 bits per heavy atom. The molecule has 0 bridgehead atoms. The van der Waals surface area contributed by atoms with Crippen LogP contribution in [-0.2, 0) is 49.6 Å². The van der Waals surface area contributed by atoms with E-state index in [4.69, 9.17) is 32.5 Å². The largest absolute Gasteiger partial charge is 0.479 e. The van der Waals surface area contributed by atoms with E-state index < -0.39 is 78.7 Å². The molecule has 1 aromatic carbocycles. The van der Waals surface area contributed by atoms with Crippen molar-refractivity contribution in [3.63, 3.8) is 0 Å². The summed E-state index contributed by atoms with van der Waals surface area (Å²) < 4.78 is 20.6. The van der Waals surface area contributed by atoms with Crippen LogP contribution in [0.1, 0.15) is 24.8 Å². The molecule has 2 radical (unpaired) electrons. The lowest BCUT2D eigenvalue weighted by Crippen LogP contribution is -2.61. The number of nitrogens with one attached hydrogen (secondary N) is 3. The van der Waals surface area contributed by atoms with Crippen molar-refractivity contribution in [1.82, 2.24) is 10.6 Å². The fourth-order valence-electron chi connectivity index (χ4n) is 4.83. The number of benzene rings is 1. The first-order valence-corrected chi connectivity index (χ1v) is 14.5. The van der Waals surface area contributed by atoms with E-state index in [-0.39, 0.29) is 74.3 Å². The van der Waals surface area contributed by atoms with Gasteiger partial charge in [-0.15, -0.1) is 0 Å². The van der Waals surface area contributed by atoms with E-state index in [1.807, 2.05) is 0 Å². The van der Waals surface area contributed by atoms with Gasteiger partial charge in [-0.3, -0.25) is 24.5 Å². The minimum absolute atomic E-state index is 0.0275. The van der Waals surface area contributed by atoms with E-state index in [0.29, 0.717) is 0 Å². The summed E-state index contributed by atoms with van der Waals surface area (Å²) >= 11 is 0. The summed E-state index contributed by atoms with van der Waals surface area (Å²) in [5, 5.41) is 47.0. The third-order valence-electron chi connectivity index (χ3n) is 7.26. The molecule has 1 heterocycles. The summed E-state index contributed by atoms with van der Waals surface area (Å²) in [7, 11) is 4.93. The van der Waals surface area contributed by atoms with Crippen LogP contribution in [0.4, 0.5) is 10.5 Å². The van der Waals surface area contributed by atoms with Gasteiger partial charge in [0.05, 0.1) is 24.1 Å². The predicted molar refractivity (Wildman–Crippen MR) is 158 cm³/mol. The zero-order chi connectivity index (χ0) is 35.5. The molecule has 1 aromatic rings. The number of amides is 3. The minimum atomic E-state index is -1.98. The third-order valence-corrected chi connectivity index (χ3v) is 7.26. The number of alkyl carbamates (subject to hydrolysis) is 1. The van der Waals surface area contributed by atoms with Crippen molar-refractivity contribution in [2.24, 2.45) is 17.6 Å². The first-order chi connectivity index (χ1) is 22.7. The molecule has 48 heavy (non-hydrogen) atoms. The molecule has 1 saturated heterocycles. The summed E-state index contributed by atoms with van der Waals surface area (Å²) in [6.07, 6.45) is -10.9. The molecule has 0 spiro atoms. The highest BCUT2D eigenvalue weighted by atomic mass is 16.7. The highest BCUT2D eigenvalue weighted by Crippen LogP contribution is 2.31. The van der Waals surface area contributed by atoms with Crippen molar-refractivity contribution >= 4 is 54.7 Å². The van der Waals surface area contributed by atoms with E-state index in [9.17, 15) is 54.0 Å². The van der Waals surface area contributed by atoms with E-state index in [1.165, 1.54) is 18.2 Å². The monoisotopic (exact) mass is 678 g/mol. The standard InChI is InChI=1S/C28H35BN4O15/c29-18(36)10-45-11-32-28(44)46-9-12-1-4-17(47-27-23(40)21(38)22(39)24(48-27)26(42)43)14(7-12)33-19(37)5-6-31-25(41)13(8-30)20-15(34)2-3-16(20)35/h1,4,7,13,20-24,27,38-40H,2-3,5-6,8-11,30H2,(H,31,41)(H,32,44)(H,33,37)(H,42,43)/t13-,21+,22+,23-,24+,27-/m1/s1. The van der Waals surface area contributed by atoms with E-state index in [1.54, 1.807) is 0 Å². The van der Waals surface area contributed by atoms with E-state index in [0.717, 1.165) is 0 Å². The summed E-state index contributed by atoms with van der Waals surface area (Å²) in [4.78, 5) is 83.9. The number of aliphatic hydroxyl groups excluding tert-OH is 3. The molecule has 0 aromatic heterocycles. The molecule has 3 rings (SSSR count). The Balaban J connectivity index is 1.70. The molecule has 0 unspecified atom stereocenters. The first-order valence-electron chi connectivity index (χ1n) is 14.5. The molecule has 2 aliphatic rings. The van der Waals surface area contributed by atoms with E-state index in [2.05, 4.69) is 16.0 Å². The molecule has 2 fully saturated rings. The van der Waals surface area contributed by atoms with Crippen molar-refractivity contribution in [2.45, 2.75) is 56.6 Å². The summed E-state index contributed by atoms with van der Waals surface area (Å²) in [6.45, 7) is -1.69. The summed E-state index contributed by atoms with van der Waals surface area (Å²) in [5.74, 6) is -6.24. The smallest absolute Gasteiger partial charge is 0.409 e. The highest BCUT2D eigenvalue weighted by Gasteiger charge is 2.48. The van der Waals surface area contributed by atoms with Crippen LogP contribution in [-0.4, -0.2) is 127 Å². The van der Waals surface area contributed by atoms with Gasteiger partial charge in [0.15, 0.2) is 14.0 Å². The van der Waals surface area contributed by atoms with Crippen LogP contribution in [0.3, 0.4) is 0 Å². The van der Waals surface area contributed by atoms with Gasteiger partial charge in [0, 0.05) is 32.4 Å². The number of anilines is 1. The van der Waals surface area contributed by atoms with Gasteiger partial charge in [0.25, 0.3) is 0 Å². The van der Waals surface area contributed by atoms with Crippen LogP contribution >= 0.6 is 0 Å². The Morgan fingerprint density at radius 1 is 1.02 bits per heavy atom. The molecule has 19 nitrogen and oxygen atoms in total. The Kier molecular flexibility index (Phi) is 13.9. The number of carbonyl (C=O) groups excluding carboxylic acids is 6. The zero-order valence-corrected chi connectivity index (χ0v) is 25.4. The summed E-state index contributed by atoms with van der Waals surface area (Å²) in [6, 6.07) is 3.91. The molecular formula is C28H35BN4O15. The average molecular weight is 678 g/mol. The van der Waals surface area contributed by atoms with Crippen LogP contribution < -0.4 is 26.4 Å². The number of aliphatic carboxylic acids is 1. The molecule has 6 atom stereocenters. The van der Waals surface area contributed by atoms with Gasteiger partial charge in [-0.1, -0.05) is 6.07 Å². The molecular weight excluding hydrogens is 643 g/mol. The number of Topliss-reactive ketones (excluding diaryl/α,β-unsaturated/α-hetero) is 2. The van der Waals surface area contributed by atoms with E-state index >= 15 is 0 Å². The second-order valence-electron chi connectivity index (χ2n) is 10.7. The van der Waals surface area contributed by atoms with Gasteiger partial charge < -0.3 is 60.5 Å². The van der Waals surface area contributed by atoms with Gasteiger partial charge >= 0.3 is 12.1 Å². The molecule has 20 heteroatoms. The Morgan fingerprint density at radius 2 is 1.71 bits per heavy atom. The number of rotatable bonds is 16. The van der Waals surface area contributed by atoms with Gasteiger partial charge in [-0.25, -0.2) is 9.59 Å². The quantitative estimate of drug-likeness (QED) is 0.0363. The lowest BCUT2D eigenvalue weighted by atomic mass is 9.88. The number of ketones is 2. The SMILES string of the molecule is [B]C(=O)COCNC(=O)OCc1ccc(O[C@@H]2O[C@H](C(=O)O)[C@@H](O)[C@H](O)[C@H]2O)c(NC(=O)CCNC(=O)[C@H](CN)C2C(=O)CCC2=O)c1. The molecule has 1 aliphatic heterocycles. The molecule has 9 N–H and O–H groups in total. The van der Waals surface area contributed by atoms with Crippen LogP contribution in [0.5, 0.6) is 5.75 Å². The maximum absolute atomic E-state index is 12.9. The van der Waals surface area contributed by atoms with Crippen molar-refractivity contribution < 1.29 is 72.9 Å². The lowest BCUT2D eigenvalue weighted by molar-refractivity contribution is -0.271. The second-order valence-corrected chi connectivity index (χ2v) is 10.7. The fraction of sp³-hybridized carbons (Fsp3) is 0.536. The van der Waals surface area contributed by atoms with Gasteiger partial charge in [-0.2, -0.15) is 0 Å². The third kappa shape index (κ3) is 10.3. The number of carbonyl (C=O) groups is 7. The van der Waals surface area contributed by atoms with Gasteiger partial charge in [-0.05, 0) is 17.7 Å². The molecule has 3 amide bonds. The Bertz CT molecular complexity index is 1380. The number of nitrogens with two attached hydrogens (primary N) is 1. The van der Waals surface area contributed by atoms with Crippen LogP contribution in [0, 0.1) is 11.8 Å². The number of carboxylic acids is 1. The average Bonchev–Trinajstić information content (AvgIpc) is 3.36. The van der Waals surface area contributed by atoms with Gasteiger partial charge in [0.2, 0.25) is 18.1 Å². The van der Waals surface area contributed by atoms with Crippen molar-refractivity contribution in [1.29, 1.82) is 0 Å². The number of aliphatic hydroxyl groups is 3. The lowest BCUT2D eigenvalue weighted by Gasteiger charge is -2.38. The Hall–Kier alpha value is -4.47. The maximum atomic E-state index is 12.9. The molecule has 1 aliphatic carbocycles. The van der Waals surface area contributed by atoms with Crippen molar-refractivity contribution in [2.75, 3.05) is 31.7 Å². The number of ether oxygens (including phenoxy) is 4. The Labute approximate surface area is 273 Å². The molecule has 260 valence electrons. The topological polar surface area (TPSA) is 299 Å². The normalized spacial score (nSPS) is 23.2. The number of hydrogen-bond donors (Lipinski definition) is 8. The fourth-order valence-corrected chi connectivity index (χ4v) is 4.83. The minimum Gasteiger partial charge on any atom is -0.479 e. The van der Waals surface area contributed by atoms with Crippen LogP contribution in [0.15, 0.2) is 18.2 Å². The molecule has 1 saturated carbocycles.